The Bertz CT molecular complexity index is 1300. The van der Waals surface area contributed by atoms with Crippen molar-refractivity contribution in [1.29, 1.82) is 0 Å². The first-order valence-electron chi connectivity index (χ1n) is 11.5. The number of anilines is 3. The Morgan fingerprint density at radius 3 is 2.83 bits per heavy atom. The molecule has 0 radical (unpaired) electrons. The standard InChI is InChI=1S/C25H28ClN7O2S/c1-32-10-12-33(13-11-32)19-7-6-17(15-21(19)35-2)30-25-29-16-18(26)23(31-25)36-14-9-28-24(36)22-20(34)5-3-4-8-27-22/h3-9,14-16,27,34,36H,10-13H2,1-2H3,(H,29,30,31). The number of ether oxygens (including phenoxy) is 1. The second-order valence-corrected chi connectivity index (χ2v) is 10.7. The summed E-state index contributed by atoms with van der Waals surface area (Å²) in [5.74, 6) is 1.31. The summed E-state index contributed by atoms with van der Waals surface area (Å²) < 4.78 is 5.70. The van der Waals surface area contributed by atoms with Gasteiger partial charge in [-0.2, -0.15) is 0 Å². The summed E-state index contributed by atoms with van der Waals surface area (Å²) in [6.45, 7) is 3.95. The topological polar surface area (TPSA) is 98.1 Å². The summed E-state index contributed by atoms with van der Waals surface area (Å²) in [7, 11) is 2.68. The molecule has 3 N–H and O–H groups in total. The van der Waals surface area contributed by atoms with E-state index in [0.717, 1.165) is 43.3 Å². The molecule has 11 heteroatoms. The second-order valence-electron chi connectivity index (χ2n) is 8.41. The van der Waals surface area contributed by atoms with Gasteiger partial charge in [0.05, 0.1) is 24.0 Å². The molecule has 4 heterocycles. The van der Waals surface area contributed by atoms with Gasteiger partial charge in [0.1, 0.15) is 27.3 Å². The van der Waals surface area contributed by atoms with E-state index in [1.807, 2.05) is 17.5 Å². The monoisotopic (exact) mass is 525 g/mol. The molecule has 0 aliphatic carbocycles. The molecule has 1 saturated heterocycles. The summed E-state index contributed by atoms with van der Waals surface area (Å²) in [5.41, 5.74) is 2.41. The number of allylic oxidation sites excluding steroid dienone is 3. The van der Waals surface area contributed by atoms with Crippen LogP contribution < -0.4 is 20.3 Å². The molecule has 36 heavy (non-hydrogen) atoms. The number of piperazine rings is 1. The number of aliphatic hydroxyl groups is 1. The fourth-order valence-electron chi connectivity index (χ4n) is 4.11. The summed E-state index contributed by atoms with van der Waals surface area (Å²) >= 11 is 6.54. The fraction of sp³-hybridized carbons (Fsp3) is 0.240. The number of benzene rings is 1. The Morgan fingerprint density at radius 1 is 1.19 bits per heavy atom. The first kappa shape index (κ1) is 24.2. The number of hydrogen-bond donors (Lipinski definition) is 4. The molecular weight excluding hydrogens is 498 g/mol. The molecule has 3 aliphatic rings. The maximum atomic E-state index is 10.5. The van der Waals surface area contributed by atoms with Crippen LogP contribution in [0.2, 0.25) is 5.02 Å². The molecule has 9 nitrogen and oxygen atoms in total. The van der Waals surface area contributed by atoms with Crippen molar-refractivity contribution in [3.63, 3.8) is 0 Å². The Hall–Kier alpha value is -3.47. The Labute approximate surface area is 217 Å². The molecule has 2 aromatic rings. The summed E-state index contributed by atoms with van der Waals surface area (Å²) in [6, 6.07) is 6.01. The van der Waals surface area contributed by atoms with E-state index >= 15 is 0 Å². The minimum Gasteiger partial charge on any atom is -0.506 e. The molecule has 1 aromatic carbocycles. The van der Waals surface area contributed by atoms with Gasteiger partial charge in [0.2, 0.25) is 5.95 Å². The first-order valence-corrected chi connectivity index (χ1v) is 13.3. The second kappa shape index (κ2) is 10.7. The van der Waals surface area contributed by atoms with E-state index in [9.17, 15) is 5.11 Å². The van der Waals surface area contributed by atoms with Gasteiger partial charge in [-0.05, 0) is 36.7 Å². The van der Waals surface area contributed by atoms with Crippen LogP contribution in [0.25, 0.3) is 0 Å². The Kier molecular flexibility index (Phi) is 7.17. The van der Waals surface area contributed by atoms with E-state index in [-0.39, 0.29) is 5.76 Å². The first-order chi connectivity index (χ1) is 17.5. The third-order valence-corrected chi connectivity index (χ3v) is 8.48. The zero-order chi connectivity index (χ0) is 25.1. The molecule has 1 fully saturated rings. The third-order valence-electron chi connectivity index (χ3n) is 6.04. The Morgan fingerprint density at radius 2 is 2.03 bits per heavy atom. The number of aliphatic hydroxyl groups excluding tert-OH is 1. The molecular formula is C25H28ClN7O2S. The summed E-state index contributed by atoms with van der Waals surface area (Å²) in [6.07, 6.45) is 10.2. The van der Waals surface area contributed by atoms with Gasteiger partial charge in [0.25, 0.3) is 0 Å². The van der Waals surface area contributed by atoms with Crippen molar-refractivity contribution in [3.8, 4) is 5.75 Å². The predicted molar refractivity (Wildman–Crippen MR) is 148 cm³/mol. The van der Waals surface area contributed by atoms with Crippen LogP contribution in [-0.2, 0) is 0 Å². The van der Waals surface area contributed by atoms with E-state index < -0.39 is 10.9 Å². The van der Waals surface area contributed by atoms with Crippen molar-refractivity contribution in [2.24, 2.45) is 4.99 Å². The molecule has 0 saturated carbocycles. The van der Waals surface area contributed by atoms with Gasteiger partial charge in [0.15, 0.2) is 0 Å². The van der Waals surface area contributed by atoms with Crippen molar-refractivity contribution < 1.29 is 9.84 Å². The highest BCUT2D eigenvalue weighted by atomic mass is 35.5. The van der Waals surface area contributed by atoms with Crippen LogP contribution in [0.5, 0.6) is 5.75 Å². The van der Waals surface area contributed by atoms with Crippen LogP contribution in [0, 0.1) is 0 Å². The fourth-order valence-corrected chi connectivity index (χ4v) is 6.26. The van der Waals surface area contributed by atoms with Gasteiger partial charge in [-0.15, -0.1) is 10.9 Å². The number of nitrogens with one attached hydrogen (secondary N) is 2. The molecule has 188 valence electrons. The van der Waals surface area contributed by atoms with Crippen LogP contribution in [0.3, 0.4) is 0 Å². The minimum atomic E-state index is -1.14. The molecule has 3 aliphatic heterocycles. The van der Waals surface area contributed by atoms with E-state index in [0.29, 0.717) is 26.7 Å². The number of likely N-dealkylation sites (N-methyl/N-ethyl adjacent to an activating group) is 1. The lowest BCUT2D eigenvalue weighted by molar-refractivity contribution is 0.311. The summed E-state index contributed by atoms with van der Waals surface area (Å²) in [5, 5.41) is 20.6. The zero-order valence-electron chi connectivity index (χ0n) is 20.0. The number of rotatable bonds is 6. The quantitative estimate of drug-likeness (QED) is 0.327. The number of halogens is 1. The molecule has 5 rings (SSSR count). The van der Waals surface area contributed by atoms with Crippen LogP contribution in [0.1, 0.15) is 0 Å². The molecule has 0 bridgehead atoms. The van der Waals surface area contributed by atoms with Gasteiger partial charge < -0.3 is 30.3 Å². The number of methoxy groups -OCH3 is 1. The van der Waals surface area contributed by atoms with Gasteiger partial charge in [-0.3, -0.25) is 0 Å². The predicted octanol–water partition coefficient (Wildman–Crippen LogP) is 4.32. The average molecular weight is 526 g/mol. The normalized spacial score (nSPS) is 20.8. The molecule has 1 aromatic heterocycles. The SMILES string of the molecule is COc1cc(Nc2ncc(Cl)c([SH]3C=CN=C3C3=C(O)C=CC=CN3)n2)ccc1N1CCN(C)CC1. The summed E-state index contributed by atoms with van der Waals surface area (Å²) in [4.78, 5) is 18.3. The lowest BCUT2D eigenvalue weighted by Gasteiger charge is -2.34. The lowest BCUT2D eigenvalue weighted by Crippen LogP contribution is -2.44. The van der Waals surface area contributed by atoms with Crippen LogP contribution in [0.15, 0.2) is 81.9 Å². The average Bonchev–Trinajstić information content (AvgIpc) is 3.27. The smallest absolute Gasteiger partial charge is 0.228 e. The zero-order valence-corrected chi connectivity index (χ0v) is 21.7. The highest BCUT2D eigenvalue weighted by Crippen LogP contribution is 2.47. The van der Waals surface area contributed by atoms with Crippen LogP contribution >= 0.6 is 22.5 Å². The largest absolute Gasteiger partial charge is 0.506 e. The van der Waals surface area contributed by atoms with Crippen LogP contribution in [-0.4, -0.2) is 65.4 Å². The molecule has 0 amide bonds. The van der Waals surface area contributed by atoms with E-state index in [1.165, 1.54) is 0 Å². The van der Waals surface area contributed by atoms with Gasteiger partial charge in [-0.1, -0.05) is 17.7 Å². The maximum Gasteiger partial charge on any atom is 0.228 e. The highest BCUT2D eigenvalue weighted by molar-refractivity contribution is 8.33. The molecule has 1 atom stereocenters. The molecule has 1 unspecified atom stereocenters. The van der Waals surface area contributed by atoms with Crippen molar-refractivity contribution in [2.45, 2.75) is 5.03 Å². The van der Waals surface area contributed by atoms with E-state index in [1.54, 1.807) is 43.9 Å². The van der Waals surface area contributed by atoms with Gasteiger partial charge in [0, 0.05) is 50.3 Å². The molecule has 0 spiro atoms. The number of hydrogen-bond acceptors (Lipinski definition) is 9. The van der Waals surface area contributed by atoms with E-state index in [2.05, 4.69) is 43.5 Å². The van der Waals surface area contributed by atoms with Crippen molar-refractivity contribution in [3.05, 3.63) is 76.9 Å². The van der Waals surface area contributed by atoms with Crippen molar-refractivity contribution in [1.82, 2.24) is 20.2 Å². The number of aromatic nitrogens is 2. The number of nitrogens with zero attached hydrogens (tertiary/aromatic N) is 5. The van der Waals surface area contributed by atoms with E-state index in [4.69, 9.17) is 21.3 Å². The van der Waals surface area contributed by atoms with Crippen molar-refractivity contribution in [2.75, 3.05) is 50.6 Å². The van der Waals surface area contributed by atoms with Gasteiger partial charge in [-0.25, -0.2) is 15.0 Å². The van der Waals surface area contributed by atoms with Gasteiger partial charge >= 0.3 is 0 Å². The third kappa shape index (κ3) is 5.06. The lowest BCUT2D eigenvalue weighted by atomic mass is 10.2. The Balaban J connectivity index is 1.39. The van der Waals surface area contributed by atoms with Crippen molar-refractivity contribution >= 4 is 44.9 Å². The number of thiol groups is 1. The highest BCUT2D eigenvalue weighted by Gasteiger charge is 2.25. The van der Waals surface area contributed by atoms with Crippen LogP contribution in [0.4, 0.5) is 17.3 Å². The minimum absolute atomic E-state index is 0.103. The maximum absolute atomic E-state index is 10.5. The number of aliphatic imine (C=N–C) groups is 1.